The van der Waals surface area contributed by atoms with Gasteiger partial charge in [0, 0.05) is 28.6 Å². The van der Waals surface area contributed by atoms with E-state index in [4.69, 9.17) is 0 Å². The minimum atomic E-state index is 0.640. The van der Waals surface area contributed by atoms with E-state index in [2.05, 4.69) is 43.1 Å². The van der Waals surface area contributed by atoms with Crippen LogP contribution in [-0.4, -0.2) is 4.98 Å². The maximum atomic E-state index is 4.02. The van der Waals surface area contributed by atoms with E-state index in [0.717, 1.165) is 6.42 Å². The summed E-state index contributed by atoms with van der Waals surface area (Å²) in [6.07, 6.45) is 4.73. The molecular formula is C13H15NS. The molecule has 15 heavy (non-hydrogen) atoms. The highest BCUT2D eigenvalue weighted by atomic mass is 32.1. The molecule has 2 rings (SSSR count). The van der Waals surface area contributed by atoms with Crippen LogP contribution in [0, 0.1) is 0 Å². The zero-order valence-electron chi connectivity index (χ0n) is 9.10. The number of rotatable bonds is 3. The first-order chi connectivity index (χ1) is 7.25. The molecule has 0 amide bonds. The Balaban J connectivity index is 2.12. The van der Waals surface area contributed by atoms with Crippen LogP contribution in [0.1, 0.15) is 35.1 Å². The van der Waals surface area contributed by atoms with Crippen LogP contribution < -0.4 is 0 Å². The van der Waals surface area contributed by atoms with Crippen molar-refractivity contribution in [2.24, 2.45) is 0 Å². The highest BCUT2D eigenvalue weighted by molar-refractivity contribution is 7.12. The number of aromatic nitrogens is 1. The van der Waals surface area contributed by atoms with Crippen LogP contribution in [0.2, 0.25) is 0 Å². The van der Waals surface area contributed by atoms with Crippen LogP contribution in [0.15, 0.2) is 36.7 Å². The van der Waals surface area contributed by atoms with Crippen molar-refractivity contribution in [1.82, 2.24) is 4.98 Å². The predicted octanol–water partition coefficient (Wildman–Crippen LogP) is 3.86. The second kappa shape index (κ2) is 4.58. The fraction of sp³-hybridized carbons (Fsp3) is 0.308. The van der Waals surface area contributed by atoms with E-state index in [9.17, 15) is 0 Å². The standard InChI is InChI=1S/C13H15NS/c1-10(2)13-4-3-12(15-13)9-11-5-7-14-8-6-11/h3-8,10H,9H2,1-2H3. The largest absolute Gasteiger partial charge is 0.265 e. The van der Waals surface area contributed by atoms with Crippen molar-refractivity contribution in [2.45, 2.75) is 26.2 Å². The van der Waals surface area contributed by atoms with Crippen molar-refractivity contribution in [2.75, 3.05) is 0 Å². The number of thiophene rings is 1. The summed E-state index contributed by atoms with van der Waals surface area (Å²) in [5, 5.41) is 0. The van der Waals surface area contributed by atoms with Gasteiger partial charge in [-0.2, -0.15) is 0 Å². The van der Waals surface area contributed by atoms with Crippen molar-refractivity contribution in [3.05, 3.63) is 52.0 Å². The van der Waals surface area contributed by atoms with E-state index in [1.165, 1.54) is 15.3 Å². The average molecular weight is 217 g/mol. The lowest BCUT2D eigenvalue weighted by Gasteiger charge is -1.99. The van der Waals surface area contributed by atoms with Crippen molar-refractivity contribution in [3.8, 4) is 0 Å². The molecule has 2 aromatic heterocycles. The Labute approximate surface area is 94.8 Å². The van der Waals surface area contributed by atoms with Gasteiger partial charge >= 0.3 is 0 Å². The first-order valence-electron chi connectivity index (χ1n) is 5.23. The van der Waals surface area contributed by atoms with Crippen molar-refractivity contribution in [3.63, 3.8) is 0 Å². The van der Waals surface area contributed by atoms with E-state index in [1.807, 2.05) is 23.7 Å². The Bertz CT molecular complexity index is 417. The Hall–Kier alpha value is -1.15. The molecule has 0 bridgehead atoms. The van der Waals surface area contributed by atoms with Gasteiger partial charge < -0.3 is 0 Å². The molecule has 0 aliphatic rings. The van der Waals surface area contributed by atoms with Crippen LogP contribution in [0.4, 0.5) is 0 Å². The molecule has 0 atom stereocenters. The van der Waals surface area contributed by atoms with Gasteiger partial charge in [-0.1, -0.05) is 13.8 Å². The van der Waals surface area contributed by atoms with Crippen molar-refractivity contribution < 1.29 is 0 Å². The first-order valence-corrected chi connectivity index (χ1v) is 6.05. The van der Waals surface area contributed by atoms with Crippen molar-refractivity contribution >= 4 is 11.3 Å². The second-order valence-corrected chi connectivity index (χ2v) is 5.19. The lowest BCUT2D eigenvalue weighted by atomic mass is 10.1. The van der Waals surface area contributed by atoms with E-state index in [-0.39, 0.29) is 0 Å². The lowest BCUT2D eigenvalue weighted by Crippen LogP contribution is -1.83. The van der Waals surface area contributed by atoms with Crippen LogP contribution >= 0.6 is 11.3 Å². The highest BCUT2D eigenvalue weighted by Gasteiger charge is 2.04. The van der Waals surface area contributed by atoms with E-state index >= 15 is 0 Å². The molecule has 0 radical (unpaired) electrons. The van der Waals surface area contributed by atoms with Crippen LogP contribution in [-0.2, 0) is 6.42 Å². The van der Waals surface area contributed by atoms with Gasteiger partial charge in [-0.05, 0) is 35.7 Å². The van der Waals surface area contributed by atoms with Crippen molar-refractivity contribution in [1.29, 1.82) is 0 Å². The van der Waals surface area contributed by atoms with E-state index in [1.54, 1.807) is 0 Å². The Kier molecular flexibility index (Phi) is 3.17. The summed E-state index contributed by atoms with van der Waals surface area (Å²) in [4.78, 5) is 6.93. The molecule has 0 saturated heterocycles. The first kappa shape index (κ1) is 10.4. The van der Waals surface area contributed by atoms with Gasteiger partial charge in [0.25, 0.3) is 0 Å². The maximum absolute atomic E-state index is 4.02. The SMILES string of the molecule is CC(C)c1ccc(Cc2ccncc2)s1. The zero-order chi connectivity index (χ0) is 10.7. The van der Waals surface area contributed by atoms with Crippen LogP contribution in [0.25, 0.3) is 0 Å². The number of hydrogen-bond acceptors (Lipinski definition) is 2. The molecule has 78 valence electrons. The van der Waals surface area contributed by atoms with Gasteiger partial charge in [0.15, 0.2) is 0 Å². The Morgan fingerprint density at radius 3 is 2.47 bits per heavy atom. The molecule has 2 heterocycles. The van der Waals surface area contributed by atoms with Gasteiger partial charge in [-0.3, -0.25) is 4.98 Å². The highest BCUT2D eigenvalue weighted by Crippen LogP contribution is 2.25. The topological polar surface area (TPSA) is 12.9 Å². The lowest BCUT2D eigenvalue weighted by molar-refractivity contribution is 0.890. The molecule has 0 saturated carbocycles. The predicted molar refractivity (Wildman–Crippen MR) is 65.5 cm³/mol. The van der Waals surface area contributed by atoms with Gasteiger partial charge in [0.2, 0.25) is 0 Å². The number of nitrogens with zero attached hydrogens (tertiary/aromatic N) is 1. The van der Waals surface area contributed by atoms with Gasteiger partial charge in [0.1, 0.15) is 0 Å². The number of pyridine rings is 1. The molecule has 0 unspecified atom stereocenters. The average Bonchev–Trinajstić information content (AvgIpc) is 2.68. The fourth-order valence-corrected chi connectivity index (χ4v) is 2.55. The smallest absolute Gasteiger partial charge is 0.0270 e. The third-order valence-corrected chi connectivity index (χ3v) is 3.76. The van der Waals surface area contributed by atoms with Crippen LogP contribution in [0.5, 0.6) is 0 Å². The molecule has 2 heteroatoms. The van der Waals surface area contributed by atoms with Gasteiger partial charge in [0.05, 0.1) is 0 Å². The minimum absolute atomic E-state index is 0.640. The summed E-state index contributed by atoms with van der Waals surface area (Å²) in [5.41, 5.74) is 1.34. The molecule has 0 aliphatic heterocycles. The zero-order valence-corrected chi connectivity index (χ0v) is 9.92. The van der Waals surface area contributed by atoms with Gasteiger partial charge in [-0.15, -0.1) is 11.3 Å². The third kappa shape index (κ3) is 2.66. The van der Waals surface area contributed by atoms with E-state index < -0.39 is 0 Å². The Morgan fingerprint density at radius 1 is 1.13 bits per heavy atom. The normalized spacial score (nSPS) is 10.9. The van der Waals surface area contributed by atoms with Gasteiger partial charge in [-0.25, -0.2) is 0 Å². The summed E-state index contributed by atoms with van der Waals surface area (Å²) in [6.45, 7) is 4.48. The summed E-state index contributed by atoms with van der Waals surface area (Å²) in [7, 11) is 0. The molecule has 0 fully saturated rings. The monoisotopic (exact) mass is 217 g/mol. The molecule has 2 aromatic rings. The second-order valence-electron chi connectivity index (χ2n) is 3.99. The molecule has 0 aliphatic carbocycles. The summed E-state index contributed by atoms with van der Waals surface area (Å²) in [6, 6.07) is 8.63. The molecular weight excluding hydrogens is 202 g/mol. The van der Waals surface area contributed by atoms with E-state index in [0.29, 0.717) is 5.92 Å². The molecule has 0 spiro atoms. The summed E-state index contributed by atoms with van der Waals surface area (Å²) >= 11 is 1.92. The van der Waals surface area contributed by atoms with Crippen LogP contribution in [0.3, 0.4) is 0 Å². The third-order valence-electron chi connectivity index (χ3n) is 2.38. The molecule has 0 N–H and O–H groups in total. The number of hydrogen-bond donors (Lipinski definition) is 0. The minimum Gasteiger partial charge on any atom is -0.265 e. The maximum Gasteiger partial charge on any atom is 0.0270 e. The molecule has 0 aromatic carbocycles. The molecule has 1 nitrogen and oxygen atoms in total. The Morgan fingerprint density at radius 2 is 1.87 bits per heavy atom. The summed E-state index contributed by atoms with van der Waals surface area (Å²) in [5.74, 6) is 0.640. The quantitative estimate of drug-likeness (QED) is 0.760. The fourth-order valence-electron chi connectivity index (χ4n) is 1.50. The summed E-state index contributed by atoms with van der Waals surface area (Å²) < 4.78 is 0.